The SMILES string of the molecule is C=CC(=O)OCCCCOc1ccc(C2=CC=C(c3ccc(OC(=O)c4ccc(OC(=O)C(=C)F)cc4)cc3)CC2)cc1. The van der Waals surface area contributed by atoms with Crippen LogP contribution >= 0.6 is 0 Å². The molecule has 0 fully saturated rings. The van der Waals surface area contributed by atoms with Crippen molar-refractivity contribution in [3.63, 3.8) is 0 Å². The summed E-state index contributed by atoms with van der Waals surface area (Å²) in [5.41, 5.74) is 4.85. The van der Waals surface area contributed by atoms with Crippen LogP contribution in [0, 0.1) is 0 Å². The number of esters is 3. The maximum atomic E-state index is 12.8. The Bertz CT molecular complexity index is 1530. The van der Waals surface area contributed by atoms with Gasteiger partial charge in [0.05, 0.1) is 18.8 Å². The first-order valence-corrected chi connectivity index (χ1v) is 13.7. The fraction of sp³-hybridized carbons (Fsp3) is 0.171. The molecule has 8 heteroatoms. The second-order valence-electron chi connectivity index (χ2n) is 9.57. The van der Waals surface area contributed by atoms with Gasteiger partial charge in [0, 0.05) is 6.08 Å². The van der Waals surface area contributed by atoms with Crippen molar-refractivity contribution < 1.29 is 37.7 Å². The summed E-state index contributed by atoms with van der Waals surface area (Å²) in [6.45, 7) is 7.15. The van der Waals surface area contributed by atoms with Crippen molar-refractivity contribution in [1.29, 1.82) is 0 Å². The lowest BCUT2D eigenvalue weighted by molar-refractivity contribution is -0.138. The second-order valence-corrected chi connectivity index (χ2v) is 9.57. The molecule has 3 aromatic rings. The van der Waals surface area contributed by atoms with Gasteiger partial charge in [0.2, 0.25) is 5.83 Å². The monoisotopic (exact) mass is 582 g/mol. The van der Waals surface area contributed by atoms with Gasteiger partial charge < -0.3 is 18.9 Å². The van der Waals surface area contributed by atoms with E-state index in [9.17, 15) is 18.8 Å². The van der Waals surface area contributed by atoms with Gasteiger partial charge in [-0.15, -0.1) is 0 Å². The normalized spacial score (nSPS) is 12.3. The first-order chi connectivity index (χ1) is 20.8. The lowest BCUT2D eigenvalue weighted by atomic mass is 9.90. The van der Waals surface area contributed by atoms with Crippen molar-refractivity contribution in [1.82, 2.24) is 0 Å². The molecule has 1 aliphatic carbocycles. The van der Waals surface area contributed by atoms with Crippen molar-refractivity contribution in [2.75, 3.05) is 13.2 Å². The number of benzene rings is 3. The van der Waals surface area contributed by atoms with Crippen LogP contribution in [-0.4, -0.2) is 31.1 Å². The van der Waals surface area contributed by atoms with Gasteiger partial charge in [-0.3, -0.25) is 0 Å². The molecular weight excluding hydrogens is 551 g/mol. The molecule has 0 amide bonds. The van der Waals surface area contributed by atoms with Crippen molar-refractivity contribution >= 4 is 29.1 Å². The number of hydrogen-bond donors (Lipinski definition) is 0. The topological polar surface area (TPSA) is 88.1 Å². The van der Waals surface area contributed by atoms with E-state index in [0.29, 0.717) is 19.0 Å². The molecular formula is C35H31FO7. The Hall–Kier alpha value is -5.24. The standard InChI is InChI=1S/C35H31FO7/c1-3-33(37)41-23-5-4-22-40-30-16-10-27(11-17-30)25-6-8-26(9-7-25)28-12-18-32(19-13-28)43-35(39)29-14-20-31(21-15-29)42-34(38)24(2)36/h3,6,8,10-21H,1-2,4-5,7,9,22-23H2. The van der Waals surface area contributed by atoms with Crippen LogP contribution in [0.3, 0.4) is 0 Å². The van der Waals surface area contributed by atoms with Crippen molar-refractivity contribution in [3.05, 3.63) is 127 Å². The van der Waals surface area contributed by atoms with Crippen LogP contribution in [0.1, 0.15) is 47.2 Å². The van der Waals surface area contributed by atoms with Gasteiger partial charge in [-0.1, -0.05) is 49.6 Å². The summed E-state index contributed by atoms with van der Waals surface area (Å²) in [6, 6.07) is 20.9. The second kappa shape index (κ2) is 15.1. The molecule has 1 aliphatic rings. The minimum atomic E-state index is -1.21. The third-order valence-corrected chi connectivity index (χ3v) is 6.55. The van der Waals surface area contributed by atoms with E-state index < -0.39 is 23.7 Å². The van der Waals surface area contributed by atoms with E-state index in [2.05, 4.69) is 37.4 Å². The van der Waals surface area contributed by atoms with Crippen LogP contribution in [0.4, 0.5) is 4.39 Å². The molecule has 0 radical (unpaired) electrons. The van der Waals surface area contributed by atoms with E-state index in [1.807, 2.05) is 24.3 Å². The van der Waals surface area contributed by atoms with Crippen LogP contribution in [0.25, 0.3) is 11.1 Å². The van der Waals surface area contributed by atoms with Gasteiger partial charge in [-0.2, -0.15) is 4.39 Å². The third-order valence-electron chi connectivity index (χ3n) is 6.55. The summed E-state index contributed by atoms with van der Waals surface area (Å²) in [4.78, 5) is 34.8. The van der Waals surface area contributed by atoms with Gasteiger partial charge in [0.1, 0.15) is 17.2 Å². The fourth-order valence-electron chi connectivity index (χ4n) is 4.23. The summed E-state index contributed by atoms with van der Waals surface area (Å²) >= 11 is 0. The highest BCUT2D eigenvalue weighted by atomic mass is 19.1. The molecule has 4 rings (SSSR count). The van der Waals surface area contributed by atoms with E-state index in [-0.39, 0.29) is 11.3 Å². The molecule has 0 unspecified atom stereocenters. The Morgan fingerprint density at radius 2 is 1.23 bits per heavy atom. The Morgan fingerprint density at radius 3 is 1.77 bits per heavy atom. The average molecular weight is 583 g/mol. The Balaban J connectivity index is 1.26. The summed E-state index contributed by atoms with van der Waals surface area (Å²) in [6.07, 6.45) is 8.64. The predicted octanol–water partition coefficient (Wildman–Crippen LogP) is 7.44. The number of carbonyl (C=O) groups excluding carboxylic acids is 3. The van der Waals surface area contributed by atoms with Crippen LogP contribution in [0.2, 0.25) is 0 Å². The lowest BCUT2D eigenvalue weighted by Gasteiger charge is -2.16. The van der Waals surface area contributed by atoms with Crippen molar-refractivity contribution in [3.8, 4) is 17.2 Å². The van der Waals surface area contributed by atoms with Gasteiger partial charge in [-0.05, 0) is 96.5 Å². The molecule has 0 aromatic heterocycles. The van der Waals surface area contributed by atoms with Gasteiger partial charge >= 0.3 is 17.9 Å². The van der Waals surface area contributed by atoms with Crippen LogP contribution in [0.5, 0.6) is 17.2 Å². The average Bonchev–Trinajstić information content (AvgIpc) is 3.03. The van der Waals surface area contributed by atoms with Crippen LogP contribution < -0.4 is 14.2 Å². The number of carbonyl (C=O) groups is 3. The molecule has 0 saturated heterocycles. The quantitative estimate of drug-likeness (QED) is 0.0896. The maximum Gasteiger partial charge on any atom is 0.371 e. The Kier molecular flexibility index (Phi) is 10.8. The van der Waals surface area contributed by atoms with E-state index in [0.717, 1.165) is 48.6 Å². The van der Waals surface area contributed by atoms with Gasteiger partial charge in [0.15, 0.2) is 0 Å². The molecule has 0 aliphatic heterocycles. The lowest BCUT2D eigenvalue weighted by Crippen LogP contribution is -2.10. The van der Waals surface area contributed by atoms with Crippen LogP contribution in [-0.2, 0) is 14.3 Å². The van der Waals surface area contributed by atoms with E-state index in [4.69, 9.17) is 18.9 Å². The summed E-state index contributed by atoms with van der Waals surface area (Å²) in [7, 11) is 0. The summed E-state index contributed by atoms with van der Waals surface area (Å²) in [5.74, 6) is -2.11. The molecule has 0 bridgehead atoms. The molecule has 7 nitrogen and oxygen atoms in total. The minimum Gasteiger partial charge on any atom is -0.494 e. The number of halogens is 1. The smallest absolute Gasteiger partial charge is 0.371 e. The molecule has 220 valence electrons. The molecule has 0 atom stereocenters. The Labute approximate surface area is 249 Å². The summed E-state index contributed by atoms with van der Waals surface area (Å²) in [5, 5.41) is 0. The molecule has 0 spiro atoms. The Morgan fingerprint density at radius 1 is 0.721 bits per heavy atom. The molecule has 0 heterocycles. The number of hydrogen-bond acceptors (Lipinski definition) is 7. The van der Waals surface area contributed by atoms with E-state index >= 15 is 0 Å². The highest BCUT2D eigenvalue weighted by Crippen LogP contribution is 2.33. The zero-order valence-electron chi connectivity index (χ0n) is 23.6. The zero-order valence-corrected chi connectivity index (χ0v) is 23.6. The highest BCUT2D eigenvalue weighted by Gasteiger charge is 2.14. The number of ether oxygens (including phenoxy) is 4. The summed E-state index contributed by atoms with van der Waals surface area (Å²) < 4.78 is 33.8. The first-order valence-electron chi connectivity index (χ1n) is 13.7. The first kappa shape index (κ1) is 30.7. The predicted molar refractivity (Wildman–Crippen MR) is 161 cm³/mol. The van der Waals surface area contributed by atoms with Gasteiger partial charge in [-0.25, -0.2) is 14.4 Å². The van der Waals surface area contributed by atoms with E-state index in [1.54, 1.807) is 12.1 Å². The van der Waals surface area contributed by atoms with Crippen molar-refractivity contribution in [2.45, 2.75) is 25.7 Å². The highest BCUT2D eigenvalue weighted by molar-refractivity contribution is 5.91. The van der Waals surface area contributed by atoms with Crippen LogP contribution in [0.15, 0.2) is 110 Å². The molecule has 43 heavy (non-hydrogen) atoms. The zero-order chi connectivity index (χ0) is 30.6. The maximum absolute atomic E-state index is 12.8. The number of unbranched alkanes of at least 4 members (excludes halogenated alkanes) is 1. The van der Waals surface area contributed by atoms with E-state index in [1.165, 1.54) is 35.4 Å². The van der Waals surface area contributed by atoms with Gasteiger partial charge in [0.25, 0.3) is 0 Å². The molecule has 0 N–H and O–H groups in total. The molecule has 0 saturated carbocycles. The van der Waals surface area contributed by atoms with Crippen molar-refractivity contribution in [2.24, 2.45) is 0 Å². The number of rotatable bonds is 13. The third kappa shape index (κ3) is 9.13. The fourth-order valence-corrected chi connectivity index (χ4v) is 4.23. The number of allylic oxidation sites excluding steroid dienone is 4. The molecule has 3 aromatic carbocycles. The largest absolute Gasteiger partial charge is 0.494 e. The minimum absolute atomic E-state index is 0.0858.